The maximum Gasteiger partial charge on any atom is 0.0534 e. The summed E-state index contributed by atoms with van der Waals surface area (Å²) in [5.74, 6) is 0.255. The summed E-state index contributed by atoms with van der Waals surface area (Å²) in [4.78, 5) is 0. The summed E-state index contributed by atoms with van der Waals surface area (Å²) in [5.41, 5.74) is 2.69. The summed E-state index contributed by atoms with van der Waals surface area (Å²) in [5, 5.41) is 9.31. The van der Waals surface area contributed by atoms with Gasteiger partial charge in [0.15, 0.2) is 0 Å². The Bertz CT molecular complexity index is 292. The molecule has 0 aromatic rings. The first-order chi connectivity index (χ1) is 6.42. The molecule has 1 N–H and O–H groups in total. The largest absolute Gasteiger partial charge is 1.00 e. The first-order valence-electron chi connectivity index (χ1n) is 4.74. The van der Waals surface area contributed by atoms with Gasteiger partial charge in [0.05, 0.1) is 6.61 Å². The topological polar surface area (TPSA) is 20.2 Å². The number of aliphatic hydroxyl groups is 1. The van der Waals surface area contributed by atoms with Crippen molar-refractivity contribution in [3.63, 3.8) is 0 Å². The van der Waals surface area contributed by atoms with Gasteiger partial charge < -0.3 is 42.3 Å². The molecule has 5 heteroatoms. The molecule has 0 amide bonds. The predicted octanol–water partition coefficient (Wildman–Crippen LogP) is -6.62. The van der Waals surface area contributed by atoms with Crippen LogP contribution in [0.5, 0.6) is 0 Å². The molecule has 0 atom stereocenters. The average Bonchev–Trinajstić information content (AvgIpc) is 2.76. The van der Waals surface area contributed by atoms with E-state index in [9.17, 15) is 5.11 Å². The number of hydrogen-bond acceptors (Lipinski definition) is 1. The van der Waals surface area contributed by atoms with E-state index in [0.717, 1.165) is 12.8 Å². The molecule has 2 aliphatic rings. The summed E-state index contributed by atoms with van der Waals surface area (Å²) in [6, 6.07) is 0. The van der Waals surface area contributed by atoms with Gasteiger partial charge in [-0.25, -0.2) is 0 Å². The van der Waals surface area contributed by atoms with E-state index < -0.39 is 0 Å². The molecule has 2 rings (SSSR count). The van der Waals surface area contributed by atoms with Crippen LogP contribution >= 0.6 is 0 Å². The van der Waals surface area contributed by atoms with Crippen molar-refractivity contribution >= 4 is 0 Å². The van der Waals surface area contributed by atoms with Crippen LogP contribution in [0.1, 0.15) is 12.8 Å². The summed E-state index contributed by atoms with van der Waals surface area (Å²) in [7, 11) is 0. The molecular formula is C12H14Cl3HfO-3. The standard InChI is InChI=1S/C12H14O.3ClH.Hf/c13-9-12(10-5-1-2-6-10)11-7-3-4-8-11;;;;/h1-5,7,12-13H,6,8-9H2;3*1H;/p-3. The number of rotatable bonds is 3. The third-order valence-corrected chi connectivity index (χ3v) is 2.68. The van der Waals surface area contributed by atoms with Crippen molar-refractivity contribution in [2.45, 2.75) is 12.8 Å². The normalized spacial score (nSPS) is 15.2. The molecule has 0 aromatic carbocycles. The molecule has 0 bridgehead atoms. The van der Waals surface area contributed by atoms with Crippen LogP contribution in [0.25, 0.3) is 0 Å². The minimum atomic E-state index is 0. The van der Waals surface area contributed by atoms with Gasteiger partial charge in [-0.2, -0.15) is 0 Å². The second-order valence-electron chi connectivity index (χ2n) is 3.48. The fourth-order valence-corrected chi connectivity index (χ4v) is 1.92. The molecule has 0 unspecified atom stereocenters. The van der Waals surface area contributed by atoms with Gasteiger partial charge >= 0.3 is 0 Å². The summed E-state index contributed by atoms with van der Waals surface area (Å²) in [6.45, 7) is 0.237. The molecule has 0 saturated carbocycles. The van der Waals surface area contributed by atoms with Gasteiger partial charge in [-0.3, -0.25) is 0 Å². The molecule has 17 heavy (non-hydrogen) atoms. The van der Waals surface area contributed by atoms with E-state index in [-0.39, 0.29) is 75.6 Å². The van der Waals surface area contributed by atoms with Crippen LogP contribution in [0.3, 0.4) is 0 Å². The van der Waals surface area contributed by atoms with Gasteiger partial charge in [0.1, 0.15) is 0 Å². The number of aliphatic hydroxyl groups excluding tert-OH is 1. The van der Waals surface area contributed by atoms with Gasteiger partial charge in [-0.1, -0.05) is 47.6 Å². The fraction of sp³-hybridized carbons (Fsp3) is 0.333. The SMILES string of the molecule is OCC(C1=CC=CC1)C1=CC=CC1.[Cl-].[Cl-].[Cl-].[Hf]. The first kappa shape index (κ1) is 22.8. The van der Waals surface area contributed by atoms with Gasteiger partial charge in [0, 0.05) is 31.8 Å². The second kappa shape index (κ2) is 11.7. The predicted molar refractivity (Wildman–Crippen MR) is 54.3 cm³/mol. The van der Waals surface area contributed by atoms with E-state index in [0.29, 0.717) is 0 Å². The number of allylic oxidation sites excluding steroid dienone is 6. The Labute approximate surface area is 140 Å². The first-order valence-corrected chi connectivity index (χ1v) is 4.74. The Morgan fingerprint density at radius 3 is 1.59 bits per heavy atom. The van der Waals surface area contributed by atoms with E-state index >= 15 is 0 Å². The second-order valence-corrected chi connectivity index (χ2v) is 3.48. The number of halogens is 3. The van der Waals surface area contributed by atoms with Gasteiger partial charge in [-0.05, 0) is 12.8 Å². The van der Waals surface area contributed by atoms with Crippen molar-refractivity contribution in [1.29, 1.82) is 0 Å². The van der Waals surface area contributed by atoms with Crippen LogP contribution < -0.4 is 37.2 Å². The minimum absolute atomic E-state index is 0. The average molecular weight is 459 g/mol. The Balaban J connectivity index is -0.000000490. The van der Waals surface area contributed by atoms with Crippen LogP contribution in [-0.2, 0) is 25.8 Å². The molecule has 0 aromatic heterocycles. The molecule has 0 spiro atoms. The van der Waals surface area contributed by atoms with Crippen LogP contribution in [0.2, 0.25) is 0 Å². The third-order valence-electron chi connectivity index (χ3n) is 2.68. The molecule has 2 aliphatic carbocycles. The summed E-state index contributed by atoms with van der Waals surface area (Å²) >= 11 is 0. The molecule has 0 radical (unpaired) electrons. The zero-order chi connectivity index (χ0) is 9.10. The fourth-order valence-electron chi connectivity index (χ4n) is 1.92. The van der Waals surface area contributed by atoms with Crippen molar-refractivity contribution < 1.29 is 68.2 Å². The molecule has 0 saturated heterocycles. The minimum Gasteiger partial charge on any atom is -1.00 e. The van der Waals surface area contributed by atoms with Crippen molar-refractivity contribution in [2.24, 2.45) is 5.92 Å². The zero-order valence-electron chi connectivity index (χ0n) is 9.24. The Kier molecular flexibility index (Phi) is 15.7. The summed E-state index contributed by atoms with van der Waals surface area (Å²) < 4.78 is 0. The molecular weight excluding hydrogens is 445 g/mol. The third kappa shape index (κ3) is 5.89. The maximum absolute atomic E-state index is 9.31. The summed E-state index contributed by atoms with van der Waals surface area (Å²) in [6.07, 6.45) is 14.7. The monoisotopic (exact) mass is 459 g/mol. The smallest absolute Gasteiger partial charge is 0.0534 e. The van der Waals surface area contributed by atoms with Crippen molar-refractivity contribution in [3.8, 4) is 0 Å². The van der Waals surface area contributed by atoms with E-state index in [4.69, 9.17) is 0 Å². The van der Waals surface area contributed by atoms with E-state index in [1.807, 2.05) is 0 Å². The molecule has 0 fully saturated rings. The van der Waals surface area contributed by atoms with Crippen LogP contribution in [0.4, 0.5) is 0 Å². The molecule has 0 aliphatic heterocycles. The number of hydrogen-bond donors (Lipinski definition) is 1. The molecule has 1 nitrogen and oxygen atoms in total. The zero-order valence-corrected chi connectivity index (χ0v) is 15.1. The van der Waals surface area contributed by atoms with E-state index in [1.165, 1.54) is 11.1 Å². The van der Waals surface area contributed by atoms with Crippen molar-refractivity contribution in [2.75, 3.05) is 6.61 Å². The molecule has 96 valence electrons. The van der Waals surface area contributed by atoms with E-state index in [1.54, 1.807) is 0 Å². The van der Waals surface area contributed by atoms with Crippen LogP contribution in [0.15, 0.2) is 47.6 Å². The van der Waals surface area contributed by atoms with Crippen molar-refractivity contribution in [1.82, 2.24) is 0 Å². The van der Waals surface area contributed by atoms with Crippen molar-refractivity contribution in [3.05, 3.63) is 47.6 Å². The maximum atomic E-state index is 9.31. The Hall–Kier alpha value is 0.660. The van der Waals surface area contributed by atoms with Gasteiger partial charge in [0.25, 0.3) is 0 Å². The van der Waals surface area contributed by atoms with Gasteiger partial charge in [-0.15, -0.1) is 0 Å². The van der Waals surface area contributed by atoms with Crippen LogP contribution in [-0.4, -0.2) is 11.7 Å². The quantitative estimate of drug-likeness (QED) is 0.417. The Morgan fingerprint density at radius 2 is 1.35 bits per heavy atom. The Morgan fingerprint density at radius 1 is 0.941 bits per heavy atom. The van der Waals surface area contributed by atoms with E-state index in [2.05, 4.69) is 36.5 Å². The van der Waals surface area contributed by atoms with Gasteiger partial charge in [0.2, 0.25) is 0 Å². The molecule has 0 heterocycles. The van der Waals surface area contributed by atoms with Crippen LogP contribution in [0, 0.1) is 5.92 Å².